The summed E-state index contributed by atoms with van der Waals surface area (Å²) in [6.45, 7) is 9.95. The highest BCUT2D eigenvalue weighted by Gasteiger charge is 2.23. The van der Waals surface area contributed by atoms with E-state index < -0.39 is 0 Å². The van der Waals surface area contributed by atoms with Crippen LogP contribution in [0.25, 0.3) is 12.2 Å². The quantitative estimate of drug-likeness (QED) is 0.855. The number of allylic oxidation sites excluding steroid dienone is 4. The van der Waals surface area contributed by atoms with Crippen molar-refractivity contribution in [2.75, 3.05) is 6.61 Å². The predicted molar refractivity (Wildman–Crippen MR) is 104 cm³/mol. The van der Waals surface area contributed by atoms with Gasteiger partial charge in [0.05, 0.1) is 18.5 Å². The third kappa shape index (κ3) is 3.77. The van der Waals surface area contributed by atoms with E-state index in [0.717, 1.165) is 31.4 Å². The monoisotopic (exact) mass is 341 g/mol. The first kappa shape index (κ1) is 18.1. The minimum Gasteiger partial charge on any atom is -0.498 e. The van der Waals surface area contributed by atoms with Crippen LogP contribution in [0, 0.1) is 5.92 Å². The van der Waals surface area contributed by atoms with Gasteiger partial charge in [0.15, 0.2) is 0 Å². The van der Waals surface area contributed by atoms with Crippen LogP contribution >= 0.6 is 0 Å². The van der Waals surface area contributed by atoms with Gasteiger partial charge in [-0.15, -0.1) is 0 Å². The maximum absolute atomic E-state index is 10.2. The molecule has 2 aliphatic rings. The number of aliphatic hydroxyl groups is 1. The molecule has 0 radical (unpaired) electrons. The van der Waals surface area contributed by atoms with Crippen molar-refractivity contribution < 1.29 is 9.84 Å². The van der Waals surface area contributed by atoms with Gasteiger partial charge in [0, 0.05) is 29.2 Å². The summed E-state index contributed by atoms with van der Waals surface area (Å²) in [5, 5.41) is 12.8. The molecule has 0 bridgehead atoms. The van der Waals surface area contributed by atoms with Crippen molar-refractivity contribution in [2.45, 2.75) is 66.0 Å². The Hall–Kier alpha value is -1.74. The molecule has 2 atom stereocenters. The predicted octanol–water partition coefficient (Wildman–Crippen LogP) is 2.83. The summed E-state index contributed by atoms with van der Waals surface area (Å²) in [5.74, 6) is 1.63. The van der Waals surface area contributed by atoms with Crippen molar-refractivity contribution in [1.29, 1.82) is 0 Å². The fourth-order valence-electron chi connectivity index (χ4n) is 3.89. The molecule has 0 spiro atoms. The van der Waals surface area contributed by atoms with Crippen LogP contribution in [-0.2, 0) is 24.1 Å². The Morgan fingerprint density at radius 1 is 1.36 bits per heavy atom. The van der Waals surface area contributed by atoms with Crippen molar-refractivity contribution in [2.24, 2.45) is 5.92 Å². The average Bonchev–Trinajstić information content (AvgIpc) is 2.82. The zero-order valence-corrected chi connectivity index (χ0v) is 16.0. The third-order valence-electron chi connectivity index (χ3n) is 5.27. The van der Waals surface area contributed by atoms with Crippen molar-refractivity contribution >= 4 is 12.2 Å². The molecule has 136 valence electrons. The van der Waals surface area contributed by atoms with Gasteiger partial charge in [0.25, 0.3) is 0 Å². The summed E-state index contributed by atoms with van der Waals surface area (Å²) >= 11 is 0. The Morgan fingerprint density at radius 2 is 2.16 bits per heavy atom. The van der Waals surface area contributed by atoms with E-state index in [0.29, 0.717) is 19.1 Å². The molecule has 2 heterocycles. The molecule has 0 aromatic carbocycles. The Kier molecular flexibility index (Phi) is 5.53. The lowest BCUT2D eigenvalue weighted by Crippen LogP contribution is -2.35. The van der Waals surface area contributed by atoms with Crippen LogP contribution in [0.3, 0.4) is 0 Å². The molecule has 0 fully saturated rings. The van der Waals surface area contributed by atoms with Crippen molar-refractivity contribution in [1.82, 2.24) is 4.57 Å². The summed E-state index contributed by atoms with van der Waals surface area (Å²) in [4.78, 5) is 0. The fourth-order valence-corrected chi connectivity index (χ4v) is 3.89. The highest BCUT2D eigenvalue weighted by molar-refractivity contribution is 5.47. The second-order valence-corrected chi connectivity index (χ2v) is 7.53. The standard InChI is InChI=1S/C22H31NO2/c1-5-25-22(15(2)3)13-19-18-8-6-7-16(4)9-11-20(18)23-14-17(24)10-12-21(19)23/h6-8,11,16-17,24H,5,9-10,12-14H2,1-4H3/b7-6+,18-8-,20-11+/t16?,17-/m0/s1. The third-order valence-corrected chi connectivity index (χ3v) is 5.27. The van der Waals surface area contributed by atoms with Crippen LogP contribution < -0.4 is 10.6 Å². The summed E-state index contributed by atoms with van der Waals surface area (Å²) in [6.07, 6.45) is 12.5. The molecule has 1 aliphatic heterocycles. The molecular formula is C22H31NO2. The van der Waals surface area contributed by atoms with E-state index in [1.807, 2.05) is 6.92 Å². The zero-order chi connectivity index (χ0) is 18.0. The van der Waals surface area contributed by atoms with E-state index in [2.05, 4.69) is 49.6 Å². The zero-order valence-electron chi connectivity index (χ0n) is 16.0. The highest BCUT2D eigenvalue weighted by atomic mass is 16.5. The minimum absolute atomic E-state index is 0.238. The first-order chi connectivity index (χ1) is 12.0. The van der Waals surface area contributed by atoms with E-state index in [1.54, 1.807) is 0 Å². The number of hydrogen-bond acceptors (Lipinski definition) is 2. The molecule has 0 saturated carbocycles. The van der Waals surface area contributed by atoms with Gasteiger partial charge in [-0.05, 0) is 57.1 Å². The summed E-state index contributed by atoms with van der Waals surface area (Å²) in [5.41, 5.74) is 4.00. The lowest BCUT2D eigenvalue weighted by atomic mass is 9.99. The summed E-state index contributed by atoms with van der Waals surface area (Å²) in [6, 6.07) is 0. The Morgan fingerprint density at radius 3 is 2.88 bits per heavy atom. The Balaban J connectivity index is 2.18. The molecule has 1 aromatic heterocycles. The maximum atomic E-state index is 10.2. The van der Waals surface area contributed by atoms with Gasteiger partial charge in [-0.3, -0.25) is 0 Å². The van der Waals surface area contributed by atoms with Gasteiger partial charge in [-0.25, -0.2) is 0 Å². The number of rotatable bonds is 4. The molecule has 0 saturated heterocycles. The molecule has 1 N–H and O–H groups in total. The maximum Gasteiger partial charge on any atom is 0.0990 e. The van der Waals surface area contributed by atoms with Gasteiger partial charge >= 0.3 is 0 Å². The normalized spacial score (nSPS) is 26.0. The average molecular weight is 341 g/mol. The molecule has 1 unspecified atom stereocenters. The summed E-state index contributed by atoms with van der Waals surface area (Å²) < 4.78 is 8.29. The Bertz CT molecular complexity index is 806. The van der Waals surface area contributed by atoms with Crippen LogP contribution in [0.15, 0.2) is 23.5 Å². The van der Waals surface area contributed by atoms with E-state index in [-0.39, 0.29) is 6.10 Å². The van der Waals surface area contributed by atoms with Gasteiger partial charge in [0.1, 0.15) is 0 Å². The number of hydrogen-bond donors (Lipinski definition) is 1. The van der Waals surface area contributed by atoms with E-state index in [9.17, 15) is 5.11 Å². The van der Waals surface area contributed by atoms with Crippen molar-refractivity contribution in [3.63, 3.8) is 0 Å². The highest BCUT2D eigenvalue weighted by Crippen LogP contribution is 2.21. The van der Waals surface area contributed by atoms with E-state index in [4.69, 9.17) is 4.74 Å². The van der Waals surface area contributed by atoms with E-state index in [1.165, 1.54) is 27.4 Å². The van der Waals surface area contributed by atoms with Crippen LogP contribution in [0.2, 0.25) is 0 Å². The van der Waals surface area contributed by atoms with Crippen LogP contribution in [0.4, 0.5) is 0 Å². The lowest BCUT2D eigenvalue weighted by molar-refractivity contribution is 0.130. The van der Waals surface area contributed by atoms with Gasteiger partial charge in [-0.1, -0.05) is 31.2 Å². The second kappa shape index (κ2) is 7.65. The van der Waals surface area contributed by atoms with Crippen LogP contribution in [0.5, 0.6) is 0 Å². The molecule has 25 heavy (non-hydrogen) atoms. The van der Waals surface area contributed by atoms with Crippen molar-refractivity contribution in [3.05, 3.63) is 45.3 Å². The van der Waals surface area contributed by atoms with E-state index >= 15 is 0 Å². The first-order valence-electron chi connectivity index (χ1n) is 9.57. The fraction of sp³-hybridized carbons (Fsp3) is 0.545. The Labute approximate surface area is 151 Å². The minimum atomic E-state index is -0.238. The molecule has 3 nitrogen and oxygen atoms in total. The number of fused-ring (bicyclic) bond motifs is 3. The molecule has 1 aliphatic carbocycles. The van der Waals surface area contributed by atoms with Gasteiger partial charge < -0.3 is 14.4 Å². The molecule has 0 amide bonds. The largest absolute Gasteiger partial charge is 0.498 e. The summed E-state index contributed by atoms with van der Waals surface area (Å²) in [7, 11) is 0. The number of ether oxygens (including phenoxy) is 1. The van der Waals surface area contributed by atoms with Gasteiger partial charge in [0.2, 0.25) is 0 Å². The van der Waals surface area contributed by atoms with Crippen molar-refractivity contribution in [3.8, 4) is 0 Å². The van der Waals surface area contributed by atoms with Crippen LogP contribution in [-0.4, -0.2) is 22.4 Å². The van der Waals surface area contributed by atoms with Gasteiger partial charge in [-0.2, -0.15) is 0 Å². The topological polar surface area (TPSA) is 34.4 Å². The molecular weight excluding hydrogens is 310 g/mol. The smallest absolute Gasteiger partial charge is 0.0990 e. The molecule has 3 rings (SSSR count). The first-order valence-corrected chi connectivity index (χ1v) is 9.57. The number of aromatic nitrogens is 1. The second-order valence-electron chi connectivity index (χ2n) is 7.53. The number of nitrogens with zero attached hydrogens (tertiary/aromatic N) is 1. The SMILES string of the molecule is CCOC(Cc1c2n(c3/c1=C\C=C\C(C)C\C=3)C[C@@H](O)CC2)=C(C)C. The van der Waals surface area contributed by atoms with Crippen LogP contribution in [0.1, 0.15) is 51.8 Å². The molecule has 3 heteroatoms. The number of aliphatic hydroxyl groups excluding tert-OH is 1. The lowest BCUT2D eigenvalue weighted by Gasteiger charge is -2.22. The molecule has 1 aromatic rings.